The molecular formula is C11H9N3O3. The fourth-order valence-electron chi connectivity index (χ4n) is 1.50. The van der Waals surface area contributed by atoms with Crippen LogP contribution in [-0.2, 0) is 0 Å². The van der Waals surface area contributed by atoms with E-state index in [1.807, 2.05) is 0 Å². The summed E-state index contributed by atoms with van der Waals surface area (Å²) in [6.45, 7) is 1.52. The van der Waals surface area contributed by atoms with Crippen molar-refractivity contribution in [3.8, 4) is 11.4 Å². The summed E-state index contributed by atoms with van der Waals surface area (Å²) in [5.74, 6) is 0. The van der Waals surface area contributed by atoms with Crippen LogP contribution in [0.4, 0.5) is 5.69 Å². The van der Waals surface area contributed by atoms with Gasteiger partial charge in [0, 0.05) is 13.1 Å². The Labute approximate surface area is 96.9 Å². The number of nitro groups is 1. The maximum Gasteiger partial charge on any atom is 0.282 e. The molecule has 0 aromatic carbocycles. The lowest BCUT2D eigenvalue weighted by Crippen LogP contribution is -2.33. The first-order chi connectivity index (χ1) is 8.09. The maximum atomic E-state index is 11.8. The van der Waals surface area contributed by atoms with Gasteiger partial charge >= 0.3 is 0 Å². The van der Waals surface area contributed by atoms with Crippen molar-refractivity contribution in [2.45, 2.75) is 6.92 Å². The Morgan fingerprint density at radius 2 is 2.12 bits per heavy atom. The van der Waals surface area contributed by atoms with Gasteiger partial charge in [0.1, 0.15) is 5.69 Å². The summed E-state index contributed by atoms with van der Waals surface area (Å²) in [5.41, 5.74) is 0.738. The van der Waals surface area contributed by atoms with E-state index >= 15 is 0 Å². The first-order valence-electron chi connectivity index (χ1n) is 4.89. The average molecular weight is 231 g/mol. The molecule has 0 unspecified atom stereocenters. The summed E-state index contributed by atoms with van der Waals surface area (Å²) in [7, 11) is 0. The highest BCUT2D eigenvalue weighted by molar-refractivity contribution is 5.54. The second-order valence-electron chi connectivity index (χ2n) is 3.51. The number of nitrogens with zero attached hydrogens (tertiary/aromatic N) is 3. The second kappa shape index (κ2) is 4.17. The zero-order valence-corrected chi connectivity index (χ0v) is 9.03. The summed E-state index contributed by atoms with van der Waals surface area (Å²) in [4.78, 5) is 14.2. The van der Waals surface area contributed by atoms with Crippen molar-refractivity contribution < 1.29 is 9.65 Å². The van der Waals surface area contributed by atoms with Crippen LogP contribution < -0.4 is 4.73 Å². The first kappa shape index (κ1) is 11.0. The van der Waals surface area contributed by atoms with Crippen LogP contribution in [0.2, 0.25) is 0 Å². The zero-order chi connectivity index (χ0) is 12.4. The normalized spacial score (nSPS) is 10.2. The highest BCUT2D eigenvalue weighted by Crippen LogP contribution is 2.19. The maximum absolute atomic E-state index is 11.8. The number of rotatable bonds is 2. The molecule has 17 heavy (non-hydrogen) atoms. The minimum absolute atomic E-state index is 0.116. The molecule has 2 rings (SSSR count). The number of hydrogen-bond acceptors (Lipinski definition) is 4. The highest BCUT2D eigenvalue weighted by atomic mass is 16.6. The van der Waals surface area contributed by atoms with Crippen LogP contribution in [0, 0.1) is 22.2 Å². The van der Waals surface area contributed by atoms with Crippen LogP contribution >= 0.6 is 0 Å². The number of pyridine rings is 2. The molecule has 2 aromatic rings. The van der Waals surface area contributed by atoms with Crippen LogP contribution in [0.3, 0.4) is 0 Å². The molecule has 0 fully saturated rings. The summed E-state index contributed by atoms with van der Waals surface area (Å²) in [6.07, 6.45) is 1.53. The Morgan fingerprint density at radius 3 is 2.71 bits per heavy atom. The van der Waals surface area contributed by atoms with Gasteiger partial charge in [0.15, 0.2) is 5.69 Å². The molecule has 0 saturated carbocycles. The van der Waals surface area contributed by atoms with E-state index in [1.54, 1.807) is 18.2 Å². The van der Waals surface area contributed by atoms with Gasteiger partial charge in [-0.1, -0.05) is 6.07 Å². The molecule has 0 aliphatic rings. The molecule has 0 amide bonds. The van der Waals surface area contributed by atoms with Crippen molar-refractivity contribution in [3.63, 3.8) is 0 Å². The molecule has 2 heterocycles. The van der Waals surface area contributed by atoms with Crippen molar-refractivity contribution in [3.05, 3.63) is 57.5 Å². The van der Waals surface area contributed by atoms with Gasteiger partial charge in [0.05, 0.1) is 17.1 Å². The van der Waals surface area contributed by atoms with Gasteiger partial charge in [-0.05, 0) is 12.1 Å². The van der Waals surface area contributed by atoms with Crippen molar-refractivity contribution in [2.75, 3.05) is 0 Å². The average Bonchev–Trinajstić information content (AvgIpc) is 2.33. The lowest BCUT2D eigenvalue weighted by Gasteiger charge is -2.06. The smallest absolute Gasteiger partial charge is 0.282 e. The van der Waals surface area contributed by atoms with Crippen molar-refractivity contribution in [2.24, 2.45) is 0 Å². The van der Waals surface area contributed by atoms with Gasteiger partial charge in [0.2, 0.25) is 5.69 Å². The molecule has 0 N–H and O–H groups in total. The van der Waals surface area contributed by atoms with E-state index in [4.69, 9.17) is 0 Å². The van der Waals surface area contributed by atoms with E-state index in [1.165, 1.54) is 25.3 Å². The minimum atomic E-state index is -0.528. The largest absolute Gasteiger partial charge is 0.618 e. The van der Waals surface area contributed by atoms with Gasteiger partial charge < -0.3 is 5.21 Å². The third-order valence-corrected chi connectivity index (χ3v) is 2.32. The standard InChI is InChI=1S/C11H9N3O3/c1-8-6-9(14(16)17)7-11(13(8)15)10-4-2-3-5-12-10/h2-7H,1H3. The summed E-state index contributed by atoms with van der Waals surface area (Å²) < 4.78 is 0.634. The number of aromatic nitrogens is 2. The Bertz CT molecular complexity index is 570. The monoisotopic (exact) mass is 231 g/mol. The predicted molar refractivity (Wildman–Crippen MR) is 60.0 cm³/mol. The van der Waals surface area contributed by atoms with Gasteiger partial charge in [-0.15, -0.1) is 0 Å². The molecular weight excluding hydrogens is 222 g/mol. The molecule has 0 bridgehead atoms. The zero-order valence-electron chi connectivity index (χ0n) is 9.03. The van der Waals surface area contributed by atoms with E-state index in [-0.39, 0.29) is 17.1 Å². The SMILES string of the molecule is Cc1cc([N+](=O)[O-])cc(-c2ccccn2)[n+]1[O-]. The van der Waals surface area contributed by atoms with E-state index in [9.17, 15) is 15.3 Å². The van der Waals surface area contributed by atoms with Gasteiger partial charge in [-0.3, -0.25) is 10.1 Å². The predicted octanol–water partition coefficient (Wildman–Crippen LogP) is 1.60. The van der Waals surface area contributed by atoms with Crippen molar-refractivity contribution >= 4 is 5.69 Å². The molecule has 0 aliphatic heterocycles. The molecule has 6 nitrogen and oxygen atoms in total. The molecule has 0 aliphatic carbocycles. The summed E-state index contributed by atoms with van der Waals surface area (Å²) in [6, 6.07) is 7.52. The summed E-state index contributed by atoms with van der Waals surface area (Å²) in [5, 5.41) is 22.5. The van der Waals surface area contributed by atoms with E-state index in [2.05, 4.69) is 4.98 Å². The van der Waals surface area contributed by atoms with E-state index in [0.29, 0.717) is 10.4 Å². The van der Waals surface area contributed by atoms with Gasteiger partial charge in [0.25, 0.3) is 5.69 Å². The molecule has 0 spiro atoms. The van der Waals surface area contributed by atoms with Gasteiger partial charge in [-0.2, -0.15) is 4.73 Å². The number of aryl methyl sites for hydroxylation is 1. The van der Waals surface area contributed by atoms with E-state index in [0.717, 1.165) is 0 Å². The topological polar surface area (TPSA) is 83.0 Å². The van der Waals surface area contributed by atoms with Crippen LogP contribution in [0.15, 0.2) is 36.5 Å². The molecule has 0 saturated heterocycles. The first-order valence-corrected chi connectivity index (χ1v) is 4.89. The fourth-order valence-corrected chi connectivity index (χ4v) is 1.50. The van der Waals surface area contributed by atoms with Crippen molar-refractivity contribution in [1.29, 1.82) is 0 Å². The minimum Gasteiger partial charge on any atom is -0.618 e. The third-order valence-electron chi connectivity index (χ3n) is 2.32. The van der Waals surface area contributed by atoms with Crippen LogP contribution in [0.25, 0.3) is 11.4 Å². The fraction of sp³-hybridized carbons (Fsp3) is 0.0909. The second-order valence-corrected chi connectivity index (χ2v) is 3.51. The molecule has 0 atom stereocenters. The van der Waals surface area contributed by atoms with Gasteiger partial charge in [-0.25, -0.2) is 4.98 Å². The molecule has 0 radical (unpaired) electrons. The Morgan fingerprint density at radius 1 is 1.35 bits per heavy atom. The quantitative estimate of drug-likeness (QED) is 0.340. The van der Waals surface area contributed by atoms with Crippen LogP contribution in [-0.4, -0.2) is 9.91 Å². The molecule has 6 heteroatoms. The Balaban J connectivity index is 2.65. The van der Waals surface area contributed by atoms with Crippen LogP contribution in [0.1, 0.15) is 5.69 Å². The van der Waals surface area contributed by atoms with Crippen molar-refractivity contribution in [1.82, 2.24) is 4.98 Å². The highest BCUT2D eigenvalue weighted by Gasteiger charge is 2.19. The third kappa shape index (κ3) is 2.05. The molecule has 86 valence electrons. The number of hydrogen-bond donors (Lipinski definition) is 0. The van der Waals surface area contributed by atoms with Crippen LogP contribution in [0.5, 0.6) is 0 Å². The Hall–Kier alpha value is -2.50. The summed E-state index contributed by atoms with van der Waals surface area (Å²) >= 11 is 0. The Kier molecular flexibility index (Phi) is 2.70. The lowest BCUT2D eigenvalue weighted by molar-refractivity contribution is -0.601. The molecule has 2 aromatic heterocycles. The van der Waals surface area contributed by atoms with E-state index < -0.39 is 4.92 Å². The lowest BCUT2D eigenvalue weighted by atomic mass is 10.2.